The van der Waals surface area contributed by atoms with Crippen molar-refractivity contribution in [1.29, 1.82) is 5.26 Å². The quantitative estimate of drug-likeness (QED) is 0.378. The number of carbonyl (C=O) groups is 2. The molecule has 0 saturated carbocycles. The van der Waals surface area contributed by atoms with Gasteiger partial charge in [-0.2, -0.15) is 5.26 Å². The Morgan fingerprint density at radius 1 is 1.31 bits per heavy atom. The summed E-state index contributed by atoms with van der Waals surface area (Å²) < 4.78 is 0. The van der Waals surface area contributed by atoms with E-state index in [1.807, 2.05) is 19.1 Å². The van der Waals surface area contributed by atoms with Crippen LogP contribution in [-0.4, -0.2) is 23.5 Å². The number of nitrogens with one attached hydrogen (secondary N) is 2. The highest BCUT2D eigenvalue weighted by atomic mass is 16.4. The molecule has 6 heteroatoms. The molecule has 0 bridgehead atoms. The SMILES string of the molecule is CC(NC(=O)/C(C#N)=C\NCCCC(=O)O)c1ccc2c(c1)CCCC2. The maximum Gasteiger partial charge on any atom is 0.303 e. The number of carboxylic acids is 1. The maximum atomic E-state index is 12.3. The fraction of sp³-hybridized carbons (Fsp3) is 0.450. The van der Waals surface area contributed by atoms with Crippen molar-refractivity contribution in [3.63, 3.8) is 0 Å². The van der Waals surface area contributed by atoms with Gasteiger partial charge in [0.1, 0.15) is 11.6 Å². The van der Waals surface area contributed by atoms with Crippen LogP contribution in [0.25, 0.3) is 0 Å². The zero-order valence-electron chi connectivity index (χ0n) is 15.0. The molecule has 138 valence electrons. The van der Waals surface area contributed by atoms with Crippen LogP contribution in [0.15, 0.2) is 30.0 Å². The van der Waals surface area contributed by atoms with Gasteiger partial charge in [-0.05, 0) is 55.7 Å². The molecule has 0 aliphatic heterocycles. The van der Waals surface area contributed by atoms with Gasteiger partial charge in [0, 0.05) is 19.2 Å². The predicted octanol–water partition coefficient (Wildman–Crippen LogP) is 2.60. The van der Waals surface area contributed by atoms with E-state index >= 15 is 0 Å². The molecule has 1 aromatic rings. The fourth-order valence-electron chi connectivity index (χ4n) is 3.04. The molecule has 1 unspecified atom stereocenters. The first kappa shape index (κ1) is 19.5. The summed E-state index contributed by atoms with van der Waals surface area (Å²) in [6.45, 7) is 2.29. The molecule has 0 radical (unpaired) electrons. The number of rotatable bonds is 8. The number of aryl methyl sites for hydroxylation is 2. The number of hydrogen-bond acceptors (Lipinski definition) is 4. The minimum Gasteiger partial charge on any atom is -0.481 e. The van der Waals surface area contributed by atoms with Gasteiger partial charge in [-0.15, -0.1) is 0 Å². The van der Waals surface area contributed by atoms with E-state index < -0.39 is 11.9 Å². The van der Waals surface area contributed by atoms with Crippen molar-refractivity contribution in [3.8, 4) is 6.07 Å². The molecule has 0 aromatic heterocycles. The maximum absolute atomic E-state index is 12.3. The Bertz CT molecular complexity index is 734. The summed E-state index contributed by atoms with van der Waals surface area (Å²) in [5.41, 5.74) is 3.75. The minimum absolute atomic E-state index is 0.0230. The third-order valence-electron chi connectivity index (χ3n) is 4.54. The standard InChI is InChI=1S/C20H25N3O3/c1-14(16-9-8-15-5-2-3-6-17(15)11-16)23-20(26)18(12-21)13-22-10-4-7-19(24)25/h8-9,11,13-14,22H,2-7,10H2,1H3,(H,23,26)(H,24,25)/b18-13-. The molecule has 26 heavy (non-hydrogen) atoms. The zero-order chi connectivity index (χ0) is 18.9. The van der Waals surface area contributed by atoms with Crippen LogP contribution in [-0.2, 0) is 22.4 Å². The summed E-state index contributed by atoms with van der Waals surface area (Å²) in [6.07, 6.45) is 6.44. The van der Waals surface area contributed by atoms with Gasteiger partial charge in [-0.1, -0.05) is 18.2 Å². The van der Waals surface area contributed by atoms with E-state index in [0.29, 0.717) is 13.0 Å². The Hall–Kier alpha value is -2.81. The highest BCUT2D eigenvalue weighted by molar-refractivity contribution is 5.97. The molecule has 1 aromatic carbocycles. The first-order chi connectivity index (χ1) is 12.5. The smallest absolute Gasteiger partial charge is 0.303 e. The Morgan fingerprint density at radius 2 is 2.04 bits per heavy atom. The van der Waals surface area contributed by atoms with Gasteiger partial charge in [-0.25, -0.2) is 0 Å². The van der Waals surface area contributed by atoms with Gasteiger partial charge in [-0.3, -0.25) is 9.59 Å². The lowest BCUT2D eigenvalue weighted by atomic mass is 9.89. The normalized spacial score (nSPS) is 14.7. The lowest BCUT2D eigenvalue weighted by Crippen LogP contribution is -2.28. The second-order valence-electron chi connectivity index (χ2n) is 6.55. The Morgan fingerprint density at radius 3 is 2.73 bits per heavy atom. The fourth-order valence-corrected chi connectivity index (χ4v) is 3.04. The third-order valence-corrected chi connectivity index (χ3v) is 4.54. The average molecular weight is 355 g/mol. The van der Waals surface area contributed by atoms with E-state index in [4.69, 9.17) is 10.4 Å². The van der Waals surface area contributed by atoms with Gasteiger partial charge in [0.2, 0.25) is 0 Å². The molecule has 2 rings (SSSR count). The summed E-state index contributed by atoms with van der Waals surface area (Å²) in [5.74, 6) is -1.31. The zero-order valence-corrected chi connectivity index (χ0v) is 15.0. The number of carboxylic acid groups (broad SMARTS) is 1. The largest absolute Gasteiger partial charge is 0.481 e. The Kier molecular flexibility index (Phi) is 7.22. The highest BCUT2D eigenvalue weighted by Crippen LogP contribution is 2.24. The molecular formula is C20H25N3O3. The van der Waals surface area contributed by atoms with Gasteiger partial charge in [0.15, 0.2) is 0 Å². The molecule has 1 amide bonds. The molecule has 3 N–H and O–H groups in total. The topological polar surface area (TPSA) is 102 Å². The predicted molar refractivity (Wildman–Crippen MR) is 98.2 cm³/mol. The van der Waals surface area contributed by atoms with Crippen LogP contribution in [0.2, 0.25) is 0 Å². The van der Waals surface area contributed by atoms with Crippen molar-refractivity contribution >= 4 is 11.9 Å². The number of hydrogen-bond donors (Lipinski definition) is 3. The van der Waals surface area contributed by atoms with E-state index in [0.717, 1.165) is 18.4 Å². The van der Waals surface area contributed by atoms with Crippen LogP contribution < -0.4 is 10.6 Å². The molecule has 0 fully saturated rings. The van der Waals surface area contributed by atoms with Crippen LogP contribution in [0.4, 0.5) is 0 Å². The summed E-state index contributed by atoms with van der Waals surface area (Å²) in [7, 11) is 0. The van der Waals surface area contributed by atoms with Gasteiger partial charge >= 0.3 is 5.97 Å². The number of carbonyl (C=O) groups excluding carboxylic acids is 1. The summed E-state index contributed by atoms with van der Waals surface area (Å²) in [6, 6.07) is 8.01. The number of aliphatic carboxylic acids is 1. The lowest BCUT2D eigenvalue weighted by Gasteiger charge is -2.20. The number of fused-ring (bicyclic) bond motifs is 1. The monoisotopic (exact) mass is 355 g/mol. The number of nitrogens with zero attached hydrogens (tertiary/aromatic N) is 1. The van der Waals surface area contributed by atoms with Crippen LogP contribution in [0, 0.1) is 11.3 Å². The van der Waals surface area contributed by atoms with Gasteiger partial charge in [0.25, 0.3) is 5.91 Å². The van der Waals surface area contributed by atoms with Crippen molar-refractivity contribution in [1.82, 2.24) is 10.6 Å². The molecule has 0 heterocycles. The third kappa shape index (κ3) is 5.62. The number of benzene rings is 1. The summed E-state index contributed by atoms with van der Waals surface area (Å²) in [5, 5.41) is 23.4. The van der Waals surface area contributed by atoms with E-state index in [-0.39, 0.29) is 18.0 Å². The molecule has 1 aliphatic carbocycles. The number of amides is 1. The summed E-state index contributed by atoms with van der Waals surface area (Å²) >= 11 is 0. The second-order valence-corrected chi connectivity index (χ2v) is 6.55. The molecule has 6 nitrogen and oxygen atoms in total. The van der Waals surface area contributed by atoms with Crippen molar-refractivity contribution < 1.29 is 14.7 Å². The van der Waals surface area contributed by atoms with E-state index in [9.17, 15) is 9.59 Å². The first-order valence-electron chi connectivity index (χ1n) is 8.99. The van der Waals surface area contributed by atoms with E-state index in [1.54, 1.807) is 0 Å². The molecule has 1 aliphatic rings. The van der Waals surface area contributed by atoms with Crippen LogP contribution >= 0.6 is 0 Å². The molecular weight excluding hydrogens is 330 g/mol. The van der Waals surface area contributed by atoms with Crippen molar-refractivity contribution in [2.45, 2.75) is 51.5 Å². The second kappa shape index (κ2) is 9.62. The van der Waals surface area contributed by atoms with Gasteiger partial charge < -0.3 is 15.7 Å². The Balaban J connectivity index is 1.92. The highest BCUT2D eigenvalue weighted by Gasteiger charge is 2.16. The van der Waals surface area contributed by atoms with Crippen molar-refractivity contribution in [3.05, 3.63) is 46.7 Å². The molecule has 1 atom stereocenters. The first-order valence-corrected chi connectivity index (χ1v) is 8.99. The average Bonchev–Trinajstić information content (AvgIpc) is 2.63. The van der Waals surface area contributed by atoms with E-state index in [1.165, 1.54) is 30.2 Å². The van der Waals surface area contributed by atoms with Crippen LogP contribution in [0.3, 0.4) is 0 Å². The van der Waals surface area contributed by atoms with E-state index in [2.05, 4.69) is 22.8 Å². The van der Waals surface area contributed by atoms with Crippen LogP contribution in [0.1, 0.15) is 55.3 Å². The Labute approximate surface area is 153 Å². The van der Waals surface area contributed by atoms with Crippen molar-refractivity contribution in [2.75, 3.05) is 6.54 Å². The lowest BCUT2D eigenvalue weighted by molar-refractivity contribution is -0.137. The van der Waals surface area contributed by atoms with Gasteiger partial charge in [0.05, 0.1) is 6.04 Å². The van der Waals surface area contributed by atoms with Crippen molar-refractivity contribution in [2.24, 2.45) is 0 Å². The minimum atomic E-state index is -0.868. The molecule has 0 saturated heterocycles. The van der Waals surface area contributed by atoms with Crippen LogP contribution in [0.5, 0.6) is 0 Å². The number of nitriles is 1. The molecule has 0 spiro atoms. The summed E-state index contributed by atoms with van der Waals surface area (Å²) in [4.78, 5) is 22.7.